The highest BCUT2D eigenvalue weighted by Gasteiger charge is 2.35. The monoisotopic (exact) mass is 292 g/mol. The molecule has 0 fully saturated rings. The molecule has 5 nitrogen and oxygen atoms in total. The SMILES string of the molecule is CC(CCCO)Nc1ccc([N+](=O)[O-])cc1C(F)(F)F. The van der Waals surface area contributed by atoms with Crippen LogP contribution in [0.3, 0.4) is 0 Å². The van der Waals surface area contributed by atoms with Crippen LogP contribution in [0.25, 0.3) is 0 Å². The van der Waals surface area contributed by atoms with E-state index in [0.717, 1.165) is 12.1 Å². The molecule has 0 aliphatic rings. The second kappa shape index (κ2) is 6.56. The maximum atomic E-state index is 12.9. The molecule has 8 heteroatoms. The summed E-state index contributed by atoms with van der Waals surface area (Å²) in [5, 5.41) is 21.9. The summed E-state index contributed by atoms with van der Waals surface area (Å²) < 4.78 is 38.7. The molecule has 0 aliphatic heterocycles. The van der Waals surface area contributed by atoms with Gasteiger partial charge in [-0.1, -0.05) is 0 Å². The van der Waals surface area contributed by atoms with E-state index in [1.165, 1.54) is 0 Å². The molecular weight excluding hydrogens is 277 g/mol. The predicted octanol–water partition coefficient (Wildman–Crippen LogP) is 3.19. The van der Waals surface area contributed by atoms with Crippen molar-refractivity contribution < 1.29 is 23.2 Å². The summed E-state index contributed by atoms with van der Waals surface area (Å²) in [4.78, 5) is 9.68. The number of aliphatic hydroxyl groups is 1. The maximum absolute atomic E-state index is 12.9. The second-order valence-electron chi connectivity index (χ2n) is 4.40. The van der Waals surface area contributed by atoms with Gasteiger partial charge >= 0.3 is 6.18 Å². The Hall–Kier alpha value is -1.83. The Morgan fingerprint density at radius 1 is 1.45 bits per heavy atom. The number of nitro groups is 1. The minimum absolute atomic E-state index is 0.0432. The van der Waals surface area contributed by atoms with Crippen molar-refractivity contribution in [2.45, 2.75) is 32.0 Å². The number of anilines is 1. The van der Waals surface area contributed by atoms with Crippen molar-refractivity contribution >= 4 is 11.4 Å². The van der Waals surface area contributed by atoms with E-state index in [1.807, 2.05) is 0 Å². The fourth-order valence-electron chi connectivity index (χ4n) is 1.74. The molecule has 112 valence electrons. The predicted molar refractivity (Wildman–Crippen MR) is 67.5 cm³/mol. The Balaban J connectivity index is 3.03. The molecule has 0 saturated heterocycles. The molecule has 0 aliphatic carbocycles. The third kappa shape index (κ3) is 4.37. The van der Waals surface area contributed by atoms with Crippen LogP contribution in [-0.2, 0) is 6.18 Å². The molecule has 0 spiro atoms. The van der Waals surface area contributed by atoms with Gasteiger partial charge in [0.2, 0.25) is 0 Å². The summed E-state index contributed by atoms with van der Waals surface area (Å²) in [5.74, 6) is 0. The number of nitro benzene ring substituents is 1. The molecule has 1 unspecified atom stereocenters. The van der Waals surface area contributed by atoms with Crippen molar-refractivity contribution in [1.82, 2.24) is 0 Å². The molecule has 0 aromatic heterocycles. The van der Waals surface area contributed by atoms with Crippen molar-refractivity contribution in [1.29, 1.82) is 0 Å². The normalized spacial score (nSPS) is 13.1. The van der Waals surface area contributed by atoms with Gasteiger partial charge in [0.15, 0.2) is 0 Å². The van der Waals surface area contributed by atoms with Crippen LogP contribution < -0.4 is 5.32 Å². The number of halogens is 3. The average molecular weight is 292 g/mol. The molecule has 20 heavy (non-hydrogen) atoms. The smallest absolute Gasteiger partial charge is 0.396 e. The van der Waals surface area contributed by atoms with Gasteiger partial charge in [-0.3, -0.25) is 10.1 Å². The first kappa shape index (κ1) is 16.2. The van der Waals surface area contributed by atoms with Gasteiger partial charge in [0.05, 0.1) is 10.5 Å². The Bertz CT molecular complexity index is 478. The molecule has 0 heterocycles. The van der Waals surface area contributed by atoms with Gasteiger partial charge in [-0.05, 0) is 25.8 Å². The van der Waals surface area contributed by atoms with Gasteiger partial charge in [-0.25, -0.2) is 0 Å². The third-order valence-electron chi connectivity index (χ3n) is 2.72. The molecule has 0 saturated carbocycles. The van der Waals surface area contributed by atoms with E-state index in [-0.39, 0.29) is 18.3 Å². The molecule has 2 N–H and O–H groups in total. The highest BCUT2D eigenvalue weighted by molar-refractivity contribution is 5.57. The molecule has 0 amide bonds. The van der Waals surface area contributed by atoms with Crippen LogP contribution in [-0.4, -0.2) is 22.7 Å². The third-order valence-corrected chi connectivity index (χ3v) is 2.72. The Morgan fingerprint density at radius 3 is 2.60 bits per heavy atom. The van der Waals surface area contributed by atoms with Crippen LogP contribution in [0.2, 0.25) is 0 Å². The number of non-ortho nitro benzene ring substituents is 1. The van der Waals surface area contributed by atoms with Gasteiger partial charge in [-0.15, -0.1) is 0 Å². The summed E-state index contributed by atoms with van der Waals surface area (Å²) in [6.45, 7) is 1.63. The lowest BCUT2D eigenvalue weighted by Crippen LogP contribution is -2.19. The summed E-state index contributed by atoms with van der Waals surface area (Å²) in [5.41, 5.74) is -1.87. The Kier molecular flexibility index (Phi) is 5.32. The van der Waals surface area contributed by atoms with Crippen LogP contribution in [0.1, 0.15) is 25.3 Å². The summed E-state index contributed by atoms with van der Waals surface area (Å²) in [7, 11) is 0. The van der Waals surface area contributed by atoms with Gasteiger partial charge in [0, 0.05) is 30.5 Å². The number of alkyl halides is 3. The first-order chi connectivity index (χ1) is 9.25. The second-order valence-corrected chi connectivity index (χ2v) is 4.40. The van der Waals surface area contributed by atoms with E-state index in [9.17, 15) is 23.3 Å². The van der Waals surface area contributed by atoms with Crippen LogP contribution in [0.5, 0.6) is 0 Å². The van der Waals surface area contributed by atoms with E-state index in [0.29, 0.717) is 18.9 Å². The number of nitrogens with one attached hydrogen (secondary N) is 1. The number of aliphatic hydroxyl groups excluding tert-OH is 1. The Morgan fingerprint density at radius 2 is 2.10 bits per heavy atom. The number of rotatable bonds is 6. The number of hydrogen-bond acceptors (Lipinski definition) is 4. The standard InChI is InChI=1S/C12H15F3N2O3/c1-8(3-2-6-18)16-11-5-4-9(17(19)20)7-10(11)12(13,14)15/h4-5,7-8,16,18H,2-3,6H2,1H3. The highest BCUT2D eigenvalue weighted by Crippen LogP contribution is 2.37. The highest BCUT2D eigenvalue weighted by atomic mass is 19.4. The average Bonchev–Trinajstić information content (AvgIpc) is 2.35. The zero-order valence-electron chi connectivity index (χ0n) is 10.8. The summed E-state index contributed by atoms with van der Waals surface area (Å²) in [6, 6.07) is 2.30. The van der Waals surface area contributed by atoms with Crippen LogP contribution in [0.15, 0.2) is 18.2 Å². The molecule has 1 aromatic rings. The lowest BCUT2D eigenvalue weighted by molar-refractivity contribution is -0.385. The topological polar surface area (TPSA) is 75.4 Å². The molecule has 0 bridgehead atoms. The minimum atomic E-state index is -4.68. The van der Waals surface area contributed by atoms with E-state index in [4.69, 9.17) is 5.11 Å². The molecule has 1 rings (SSSR count). The maximum Gasteiger partial charge on any atom is 0.418 e. The fourth-order valence-corrected chi connectivity index (χ4v) is 1.74. The lowest BCUT2D eigenvalue weighted by Gasteiger charge is -2.19. The Labute approximate surface area is 113 Å². The van der Waals surface area contributed by atoms with Gasteiger partial charge in [0.1, 0.15) is 0 Å². The zero-order valence-corrected chi connectivity index (χ0v) is 10.8. The van der Waals surface area contributed by atoms with Gasteiger partial charge in [0.25, 0.3) is 5.69 Å². The number of benzene rings is 1. The molecule has 1 atom stereocenters. The zero-order chi connectivity index (χ0) is 15.3. The van der Waals surface area contributed by atoms with Crippen molar-refractivity contribution in [3.05, 3.63) is 33.9 Å². The fraction of sp³-hybridized carbons (Fsp3) is 0.500. The van der Waals surface area contributed by atoms with Crippen LogP contribution in [0, 0.1) is 10.1 Å². The summed E-state index contributed by atoms with van der Waals surface area (Å²) >= 11 is 0. The number of nitrogens with zero attached hydrogens (tertiary/aromatic N) is 1. The van der Waals surface area contributed by atoms with Gasteiger partial charge in [-0.2, -0.15) is 13.2 Å². The minimum Gasteiger partial charge on any atom is -0.396 e. The first-order valence-corrected chi connectivity index (χ1v) is 5.98. The molecule has 0 radical (unpaired) electrons. The van der Waals surface area contributed by atoms with E-state index >= 15 is 0 Å². The first-order valence-electron chi connectivity index (χ1n) is 5.98. The lowest BCUT2D eigenvalue weighted by atomic mass is 10.1. The van der Waals surface area contributed by atoms with Gasteiger partial charge < -0.3 is 10.4 Å². The van der Waals surface area contributed by atoms with E-state index in [2.05, 4.69) is 5.32 Å². The van der Waals surface area contributed by atoms with Crippen LogP contribution in [0.4, 0.5) is 24.5 Å². The molecule has 1 aromatic carbocycles. The van der Waals surface area contributed by atoms with Crippen molar-refractivity contribution in [3.63, 3.8) is 0 Å². The van der Waals surface area contributed by atoms with Crippen LogP contribution >= 0.6 is 0 Å². The number of hydrogen-bond donors (Lipinski definition) is 2. The quantitative estimate of drug-likeness (QED) is 0.623. The van der Waals surface area contributed by atoms with Crippen molar-refractivity contribution in [3.8, 4) is 0 Å². The van der Waals surface area contributed by atoms with E-state index < -0.39 is 22.4 Å². The van der Waals surface area contributed by atoms with E-state index in [1.54, 1.807) is 6.92 Å². The largest absolute Gasteiger partial charge is 0.418 e. The van der Waals surface area contributed by atoms with Crippen molar-refractivity contribution in [2.75, 3.05) is 11.9 Å². The molecular formula is C12H15F3N2O3. The summed E-state index contributed by atoms with van der Waals surface area (Å²) in [6.07, 6.45) is -3.72. The van der Waals surface area contributed by atoms with Crippen molar-refractivity contribution in [2.24, 2.45) is 0 Å².